The molecule has 0 saturated heterocycles. The molecule has 0 radical (unpaired) electrons. The minimum absolute atomic E-state index is 0.0269. The maximum atomic E-state index is 6.00. The van der Waals surface area contributed by atoms with Gasteiger partial charge in [-0.3, -0.25) is 0 Å². The number of hydrogen-bond donors (Lipinski definition) is 0. The van der Waals surface area contributed by atoms with Crippen LogP contribution < -0.4 is 0 Å². The highest BCUT2D eigenvalue weighted by Crippen LogP contribution is 2.17. The van der Waals surface area contributed by atoms with E-state index in [2.05, 4.69) is 12.2 Å². The number of methoxy groups -OCH3 is 6. The molecule has 0 aromatic heterocycles. The van der Waals surface area contributed by atoms with Crippen LogP contribution in [0, 0.1) is 0 Å². The molecule has 7 heteroatoms. The molecule has 7 nitrogen and oxygen atoms in total. The molecule has 2 atom stereocenters. The summed E-state index contributed by atoms with van der Waals surface area (Å²) in [5.74, 6) is 0. The number of ether oxygens (including phenoxy) is 7. The van der Waals surface area contributed by atoms with Crippen molar-refractivity contribution >= 4 is 0 Å². The molecule has 0 aromatic carbocycles. The van der Waals surface area contributed by atoms with E-state index >= 15 is 0 Å². The fourth-order valence-corrected chi connectivity index (χ4v) is 6.61. The van der Waals surface area contributed by atoms with Crippen molar-refractivity contribution in [1.82, 2.24) is 0 Å². The van der Waals surface area contributed by atoms with Crippen LogP contribution in [0.2, 0.25) is 0 Å². The van der Waals surface area contributed by atoms with E-state index in [4.69, 9.17) is 33.2 Å². The van der Waals surface area contributed by atoms with Crippen molar-refractivity contribution in [2.75, 3.05) is 42.7 Å². The molecule has 0 N–H and O–H groups in total. The SMILES string of the molecule is COC(C=CCCCCCCCCCCCCCCCC(OC)OC)OC(C=CCCCCCCCCCCCCCCCC(OC)OC)OC. The minimum Gasteiger partial charge on any atom is -0.356 e. The van der Waals surface area contributed by atoms with Crippen molar-refractivity contribution in [1.29, 1.82) is 0 Å². The zero-order valence-corrected chi connectivity index (χ0v) is 34.7. The lowest BCUT2D eigenvalue weighted by atomic mass is 10.0. The lowest BCUT2D eigenvalue weighted by Gasteiger charge is -2.18. The van der Waals surface area contributed by atoms with Gasteiger partial charge in [0, 0.05) is 42.7 Å². The molecular weight excluding hydrogens is 640 g/mol. The molecule has 0 aliphatic heterocycles. The second kappa shape index (κ2) is 41.9. The second-order valence-electron chi connectivity index (χ2n) is 14.3. The summed E-state index contributed by atoms with van der Waals surface area (Å²) in [6.07, 6.45) is 46.5. The topological polar surface area (TPSA) is 64.6 Å². The molecule has 0 saturated carbocycles. The fraction of sp³-hybridized carbons (Fsp3) is 0.909. The molecule has 0 rings (SSSR count). The van der Waals surface area contributed by atoms with Crippen LogP contribution in [0.5, 0.6) is 0 Å². The van der Waals surface area contributed by atoms with Crippen LogP contribution in [0.4, 0.5) is 0 Å². The minimum atomic E-state index is -0.381. The Morgan fingerprint density at radius 1 is 0.294 bits per heavy atom. The summed E-state index contributed by atoms with van der Waals surface area (Å²) in [7, 11) is 10.3. The van der Waals surface area contributed by atoms with Gasteiger partial charge < -0.3 is 33.2 Å². The summed E-state index contributed by atoms with van der Waals surface area (Å²) in [5, 5.41) is 0. The van der Waals surface area contributed by atoms with Crippen LogP contribution in [0.25, 0.3) is 0 Å². The van der Waals surface area contributed by atoms with Gasteiger partial charge in [0.1, 0.15) is 0 Å². The number of unbranched alkanes of at least 4 members (excludes halogenated alkanes) is 26. The Kier molecular flexibility index (Phi) is 41.3. The first-order valence-corrected chi connectivity index (χ1v) is 21.3. The Bertz CT molecular complexity index is 650. The van der Waals surface area contributed by atoms with E-state index in [1.165, 1.54) is 167 Å². The molecule has 0 heterocycles. The summed E-state index contributed by atoms with van der Waals surface area (Å²) >= 11 is 0. The van der Waals surface area contributed by atoms with Crippen molar-refractivity contribution in [3.8, 4) is 0 Å². The van der Waals surface area contributed by atoms with E-state index in [0.29, 0.717) is 0 Å². The lowest BCUT2D eigenvalue weighted by Crippen LogP contribution is -2.22. The smallest absolute Gasteiger partial charge is 0.179 e. The van der Waals surface area contributed by atoms with Gasteiger partial charge in [0.25, 0.3) is 0 Å². The maximum Gasteiger partial charge on any atom is 0.179 e. The average Bonchev–Trinajstić information content (AvgIpc) is 3.15. The lowest BCUT2D eigenvalue weighted by molar-refractivity contribution is -0.188. The van der Waals surface area contributed by atoms with Crippen molar-refractivity contribution < 1.29 is 33.2 Å². The van der Waals surface area contributed by atoms with E-state index in [1.54, 1.807) is 42.7 Å². The summed E-state index contributed by atoms with van der Waals surface area (Å²) in [4.78, 5) is 0. The zero-order valence-electron chi connectivity index (χ0n) is 34.7. The molecule has 0 aliphatic rings. The summed E-state index contributed by atoms with van der Waals surface area (Å²) in [6.45, 7) is 0. The predicted molar refractivity (Wildman–Crippen MR) is 215 cm³/mol. The Morgan fingerprint density at radius 2 is 0.529 bits per heavy atom. The third-order valence-corrected chi connectivity index (χ3v) is 9.99. The number of rotatable bonds is 42. The van der Waals surface area contributed by atoms with E-state index in [9.17, 15) is 0 Å². The largest absolute Gasteiger partial charge is 0.356 e. The molecule has 304 valence electrons. The van der Waals surface area contributed by atoms with Gasteiger partial charge in [0.15, 0.2) is 25.2 Å². The molecule has 0 bridgehead atoms. The van der Waals surface area contributed by atoms with E-state index in [0.717, 1.165) is 25.7 Å². The first kappa shape index (κ1) is 50.2. The molecule has 0 amide bonds. The van der Waals surface area contributed by atoms with Gasteiger partial charge >= 0.3 is 0 Å². The molecular formula is C44H86O7. The van der Waals surface area contributed by atoms with Crippen molar-refractivity contribution in [3.63, 3.8) is 0 Å². The second-order valence-corrected chi connectivity index (χ2v) is 14.3. The van der Waals surface area contributed by atoms with Crippen molar-refractivity contribution in [2.24, 2.45) is 0 Å². The molecule has 0 aliphatic carbocycles. The summed E-state index contributed by atoms with van der Waals surface area (Å²) in [6, 6.07) is 0. The molecule has 0 aromatic rings. The highest BCUT2D eigenvalue weighted by molar-refractivity contribution is 4.89. The first-order valence-electron chi connectivity index (χ1n) is 21.3. The van der Waals surface area contributed by atoms with Crippen LogP contribution in [0.3, 0.4) is 0 Å². The van der Waals surface area contributed by atoms with Gasteiger partial charge in [-0.15, -0.1) is 0 Å². The van der Waals surface area contributed by atoms with Crippen molar-refractivity contribution in [2.45, 2.75) is 218 Å². The first-order chi connectivity index (χ1) is 25.1. The highest BCUT2D eigenvalue weighted by atomic mass is 16.8. The Morgan fingerprint density at radius 3 is 0.765 bits per heavy atom. The number of hydrogen-bond acceptors (Lipinski definition) is 7. The highest BCUT2D eigenvalue weighted by Gasteiger charge is 2.10. The average molecular weight is 727 g/mol. The molecule has 0 spiro atoms. The van der Waals surface area contributed by atoms with Crippen LogP contribution in [0.15, 0.2) is 24.3 Å². The van der Waals surface area contributed by atoms with Crippen LogP contribution >= 0.6 is 0 Å². The van der Waals surface area contributed by atoms with Gasteiger partial charge in [0.05, 0.1) is 0 Å². The van der Waals surface area contributed by atoms with E-state index in [-0.39, 0.29) is 25.2 Å². The van der Waals surface area contributed by atoms with E-state index < -0.39 is 0 Å². The predicted octanol–water partition coefficient (Wildman–Crippen LogP) is 13.0. The quantitative estimate of drug-likeness (QED) is 0.0352. The Hall–Kier alpha value is -0.800. The monoisotopic (exact) mass is 727 g/mol. The van der Waals surface area contributed by atoms with Crippen LogP contribution in [-0.2, 0) is 33.2 Å². The van der Waals surface area contributed by atoms with Crippen molar-refractivity contribution in [3.05, 3.63) is 24.3 Å². The van der Waals surface area contributed by atoms with Gasteiger partial charge in [-0.25, -0.2) is 0 Å². The molecule has 2 unspecified atom stereocenters. The maximum absolute atomic E-state index is 6.00. The van der Waals surface area contributed by atoms with Crippen LogP contribution in [0.1, 0.15) is 193 Å². The number of allylic oxidation sites excluding steroid dienone is 2. The summed E-state index contributed by atoms with van der Waals surface area (Å²) in [5.41, 5.74) is 0. The molecule has 0 fully saturated rings. The normalized spacial score (nSPS) is 13.5. The third kappa shape index (κ3) is 36.0. The Balaban J connectivity index is 3.61. The fourth-order valence-electron chi connectivity index (χ4n) is 6.61. The van der Waals surface area contributed by atoms with Gasteiger partial charge in [0.2, 0.25) is 0 Å². The van der Waals surface area contributed by atoms with Crippen LogP contribution in [-0.4, -0.2) is 67.8 Å². The zero-order chi connectivity index (χ0) is 37.3. The standard InChI is InChI=1S/C44H86O7/c1-45-41(46-2)37-33-29-25-21-17-13-9-7-11-15-19-23-27-31-35-39-43(49-5)51-44(50-6)40-36-32-28-24-20-16-12-8-10-14-18-22-26-30-34-38-42(47-3)48-4/h35-36,39-44H,7-34,37-38H2,1-6H3. The van der Waals surface area contributed by atoms with E-state index in [1.807, 2.05) is 12.2 Å². The summed E-state index contributed by atoms with van der Waals surface area (Å²) < 4.78 is 38.1. The Labute approximate surface area is 317 Å². The van der Waals surface area contributed by atoms with Gasteiger partial charge in [-0.1, -0.05) is 153 Å². The van der Waals surface area contributed by atoms with Gasteiger partial charge in [-0.2, -0.15) is 0 Å². The van der Waals surface area contributed by atoms with Gasteiger partial charge in [-0.05, 0) is 63.5 Å². The molecule has 51 heavy (non-hydrogen) atoms. The third-order valence-electron chi connectivity index (χ3n) is 9.99.